The molecule has 1 saturated heterocycles. The van der Waals surface area contributed by atoms with Crippen LogP contribution in [0, 0.1) is 13.8 Å². The molecule has 0 bridgehead atoms. The van der Waals surface area contributed by atoms with Crippen molar-refractivity contribution in [1.82, 2.24) is 29.4 Å². The second-order valence-electron chi connectivity index (χ2n) is 8.23. The number of carbonyl (C=O) groups is 1. The summed E-state index contributed by atoms with van der Waals surface area (Å²) in [5.41, 5.74) is 4.73. The highest BCUT2D eigenvalue weighted by atomic mass is 16.5. The lowest BCUT2D eigenvalue weighted by Crippen LogP contribution is -2.35. The quantitative estimate of drug-likeness (QED) is 0.568. The van der Waals surface area contributed by atoms with Crippen molar-refractivity contribution >= 4 is 5.97 Å². The van der Waals surface area contributed by atoms with Crippen LogP contribution in [-0.4, -0.2) is 55.1 Å². The number of piperidine rings is 1. The summed E-state index contributed by atoms with van der Waals surface area (Å²) in [6.07, 6.45) is 5.55. The van der Waals surface area contributed by atoms with Gasteiger partial charge in [0.25, 0.3) is 0 Å². The summed E-state index contributed by atoms with van der Waals surface area (Å²) in [7, 11) is 1.99. The molecule has 1 atom stereocenters. The fraction of sp³-hybridized carbons (Fsp3) is 0.478. The molecule has 1 fully saturated rings. The van der Waals surface area contributed by atoms with E-state index < -0.39 is 0 Å². The van der Waals surface area contributed by atoms with E-state index >= 15 is 0 Å². The summed E-state index contributed by atoms with van der Waals surface area (Å²) in [6.45, 7) is 8.79. The highest BCUT2D eigenvalue weighted by Gasteiger charge is 2.28. The monoisotopic (exact) mass is 422 g/mol. The van der Waals surface area contributed by atoms with Crippen molar-refractivity contribution in [2.24, 2.45) is 7.05 Å². The van der Waals surface area contributed by atoms with Crippen molar-refractivity contribution < 1.29 is 9.53 Å². The number of ether oxygens (including phenoxy) is 1. The number of aromatic nitrogens is 5. The van der Waals surface area contributed by atoms with E-state index in [0.717, 1.165) is 48.7 Å². The number of aryl methyl sites for hydroxylation is 2. The zero-order chi connectivity index (χ0) is 22.0. The molecular formula is C23H30N6O2. The minimum absolute atomic E-state index is 0.323. The van der Waals surface area contributed by atoms with Gasteiger partial charge in [-0.15, -0.1) is 10.2 Å². The predicted octanol–water partition coefficient (Wildman–Crippen LogP) is 3.17. The topological polar surface area (TPSA) is 78.1 Å². The first-order valence-corrected chi connectivity index (χ1v) is 10.9. The van der Waals surface area contributed by atoms with Crippen molar-refractivity contribution in [3.05, 3.63) is 58.9 Å². The lowest BCUT2D eigenvalue weighted by Gasteiger charge is -2.32. The Hall–Kier alpha value is -3.00. The molecule has 8 heteroatoms. The molecule has 0 spiro atoms. The van der Waals surface area contributed by atoms with Gasteiger partial charge in [0.05, 0.1) is 24.2 Å². The Bertz CT molecular complexity index is 1070. The van der Waals surface area contributed by atoms with E-state index in [4.69, 9.17) is 4.74 Å². The molecule has 4 rings (SSSR count). The Morgan fingerprint density at radius 2 is 2.13 bits per heavy atom. The Kier molecular flexibility index (Phi) is 6.18. The van der Waals surface area contributed by atoms with E-state index in [9.17, 15) is 4.79 Å². The van der Waals surface area contributed by atoms with Crippen molar-refractivity contribution in [1.29, 1.82) is 0 Å². The van der Waals surface area contributed by atoms with Gasteiger partial charge in [-0.25, -0.2) is 9.48 Å². The minimum atomic E-state index is -0.323. The standard InChI is InChI=1S/C23H30N6O2/c1-5-31-23(30)19-12-25-29(20-10-6-8-16(2)17(20)3)21(19)14-28-11-7-9-18(13-28)22-26-24-15-27(22)4/h6,8,10,12,15,18H,5,7,9,11,13-14H2,1-4H3/t18-/m1/s1. The molecule has 1 aromatic carbocycles. The first-order valence-electron chi connectivity index (χ1n) is 10.9. The summed E-state index contributed by atoms with van der Waals surface area (Å²) >= 11 is 0. The number of hydrogen-bond acceptors (Lipinski definition) is 6. The van der Waals surface area contributed by atoms with Gasteiger partial charge in [0.1, 0.15) is 17.7 Å². The molecule has 0 N–H and O–H groups in total. The van der Waals surface area contributed by atoms with Crippen LogP contribution < -0.4 is 0 Å². The molecule has 164 valence electrons. The highest BCUT2D eigenvalue weighted by Crippen LogP contribution is 2.28. The van der Waals surface area contributed by atoms with Gasteiger partial charge in [0.2, 0.25) is 0 Å². The van der Waals surface area contributed by atoms with Gasteiger partial charge in [0.15, 0.2) is 0 Å². The molecule has 1 aliphatic heterocycles. The maximum absolute atomic E-state index is 12.7. The molecule has 0 unspecified atom stereocenters. The zero-order valence-corrected chi connectivity index (χ0v) is 18.7. The molecule has 0 amide bonds. The van der Waals surface area contributed by atoms with Crippen LogP contribution >= 0.6 is 0 Å². The molecule has 3 heterocycles. The van der Waals surface area contributed by atoms with Gasteiger partial charge >= 0.3 is 5.97 Å². The van der Waals surface area contributed by atoms with E-state index in [-0.39, 0.29) is 5.97 Å². The summed E-state index contributed by atoms with van der Waals surface area (Å²) in [4.78, 5) is 15.1. The van der Waals surface area contributed by atoms with E-state index in [1.54, 1.807) is 12.5 Å². The number of hydrogen-bond donors (Lipinski definition) is 0. The van der Waals surface area contributed by atoms with Crippen molar-refractivity contribution in [2.45, 2.75) is 46.1 Å². The summed E-state index contributed by atoms with van der Waals surface area (Å²) in [5, 5.41) is 13.0. The Morgan fingerprint density at radius 1 is 1.29 bits per heavy atom. The second kappa shape index (κ2) is 9.01. The van der Waals surface area contributed by atoms with E-state index in [2.05, 4.69) is 40.1 Å². The first-order chi connectivity index (χ1) is 15.0. The van der Waals surface area contributed by atoms with E-state index in [1.807, 2.05) is 35.4 Å². The first kappa shape index (κ1) is 21.2. The van der Waals surface area contributed by atoms with Crippen LogP contribution in [0.2, 0.25) is 0 Å². The van der Waals surface area contributed by atoms with Crippen LogP contribution in [0.4, 0.5) is 0 Å². The molecule has 0 radical (unpaired) electrons. The molecule has 8 nitrogen and oxygen atoms in total. The third-order valence-corrected chi connectivity index (χ3v) is 6.16. The molecule has 1 aliphatic rings. The van der Waals surface area contributed by atoms with Crippen LogP contribution in [0.5, 0.6) is 0 Å². The van der Waals surface area contributed by atoms with Crippen LogP contribution in [0.25, 0.3) is 5.69 Å². The number of carbonyl (C=O) groups excluding carboxylic acids is 1. The van der Waals surface area contributed by atoms with Crippen LogP contribution in [0.15, 0.2) is 30.7 Å². The van der Waals surface area contributed by atoms with Crippen LogP contribution in [-0.2, 0) is 18.3 Å². The SMILES string of the molecule is CCOC(=O)c1cnn(-c2cccc(C)c2C)c1CN1CCC[C@@H](c2nncn2C)C1. The second-order valence-corrected chi connectivity index (χ2v) is 8.23. The molecular weight excluding hydrogens is 392 g/mol. The average molecular weight is 423 g/mol. The van der Waals surface area contributed by atoms with Crippen molar-refractivity contribution in [2.75, 3.05) is 19.7 Å². The predicted molar refractivity (Wildman–Crippen MR) is 117 cm³/mol. The number of nitrogens with zero attached hydrogens (tertiary/aromatic N) is 6. The lowest BCUT2D eigenvalue weighted by atomic mass is 9.97. The number of esters is 1. The minimum Gasteiger partial charge on any atom is -0.462 e. The average Bonchev–Trinajstić information content (AvgIpc) is 3.37. The third kappa shape index (κ3) is 4.25. The zero-order valence-electron chi connectivity index (χ0n) is 18.7. The normalized spacial score (nSPS) is 17.1. The Balaban J connectivity index is 1.67. The van der Waals surface area contributed by atoms with Gasteiger partial charge in [-0.1, -0.05) is 12.1 Å². The molecule has 0 saturated carbocycles. The third-order valence-electron chi connectivity index (χ3n) is 6.16. The number of benzene rings is 1. The van der Waals surface area contributed by atoms with Crippen molar-refractivity contribution in [3.8, 4) is 5.69 Å². The largest absolute Gasteiger partial charge is 0.462 e. The number of rotatable bonds is 6. The molecule has 0 aliphatic carbocycles. The molecule has 31 heavy (non-hydrogen) atoms. The van der Waals surface area contributed by atoms with Crippen LogP contribution in [0.3, 0.4) is 0 Å². The van der Waals surface area contributed by atoms with Gasteiger partial charge < -0.3 is 9.30 Å². The Morgan fingerprint density at radius 3 is 2.87 bits per heavy atom. The summed E-state index contributed by atoms with van der Waals surface area (Å²) in [6, 6.07) is 6.16. The molecule has 3 aromatic rings. The van der Waals surface area contributed by atoms with Crippen molar-refractivity contribution in [3.63, 3.8) is 0 Å². The van der Waals surface area contributed by atoms with E-state index in [1.165, 1.54) is 5.56 Å². The summed E-state index contributed by atoms with van der Waals surface area (Å²) in [5.74, 6) is 1.01. The summed E-state index contributed by atoms with van der Waals surface area (Å²) < 4.78 is 9.23. The maximum atomic E-state index is 12.7. The van der Waals surface area contributed by atoms with Gasteiger partial charge in [-0.2, -0.15) is 5.10 Å². The van der Waals surface area contributed by atoms with Gasteiger partial charge in [-0.3, -0.25) is 4.90 Å². The Labute approximate surface area is 182 Å². The van der Waals surface area contributed by atoms with Gasteiger partial charge in [-0.05, 0) is 57.4 Å². The van der Waals surface area contributed by atoms with E-state index in [0.29, 0.717) is 24.6 Å². The maximum Gasteiger partial charge on any atom is 0.341 e. The number of likely N-dealkylation sites (tertiary alicyclic amines) is 1. The molecule has 2 aromatic heterocycles. The fourth-order valence-corrected chi connectivity index (χ4v) is 4.36. The smallest absolute Gasteiger partial charge is 0.341 e. The lowest BCUT2D eigenvalue weighted by molar-refractivity contribution is 0.0523. The highest BCUT2D eigenvalue weighted by molar-refractivity contribution is 5.90. The van der Waals surface area contributed by atoms with Crippen LogP contribution in [0.1, 0.15) is 58.7 Å². The van der Waals surface area contributed by atoms with Gasteiger partial charge in [0, 0.05) is 26.1 Å². The fourth-order valence-electron chi connectivity index (χ4n) is 4.36.